The number of hydrogen-bond donors (Lipinski definition) is 1. The summed E-state index contributed by atoms with van der Waals surface area (Å²) in [4.78, 5) is 0. The second kappa shape index (κ2) is 1.68. The SMILES string of the molecule is [B]Nc1ccon1. The van der Waals surface area contributed by atoms with Gasteiger partial charge in [-0.1, -0.05) is 5.16 Å². The zero-order valence-electron chi connectivity index (χ0n) is 3.59. The van der Waals surface area contributed by atoms with E-state index in [2.05, 4.69) is 14.9 Å². The Morgan fingerprint density at radius 3 is 3.00 bits per heavy atom. The summed E-state index contributed by atoms with van der Waals surface area (Å²) in [6.07, 6.45) is 1.44. The molecule has 0 bridgehead atoms. The minimum Gasteiger partial charge on any atom is -0.420 e. The van der Waals surface area contributed by atoms with Gasteiger partial charge < -0.3 is 9.75 Å². The lowest BCUT2D eigenvalue weighted by Gasteiger charge is -1.82. The Labute approximate surface area is 42.1 Å². The maximum absolute atomic E-state index is 4.92. The topological polar surface area (TPSA) is 38.1 Å². The number of aromatic nitrogens is 1. The summed E-state index contributed by atoms with van der Waals surface area (Å²) in [6.45, 7) is 0. The molecule has 0 spiro atoms. The van der Waals surface area contributed by atoms with Gasteiger partial charge in [-0.25, -0.2) is 0 Å². The number of rotatable bonds is 1. The van der Waals surface area contributed by atoms with Crippen molar-refractivity contribution >= 4 is 13.8 Å². The molecule has 3 nitrogen and oxygen atoms in total. The molecule has 1 rings (SSSR count). The van der Waals surface area contributed by atoms with E-state index in [1.807, 2.05) is 0 Å². The van der Waals surface area contributed by atoms with Crippen LogP contribution in [0.5, 0.6) is 0 Å². The third-order valence-corrected chi connectivity index (χ3v) is 0.586. The summed E-state index contributed by atoms with van der Waals surface area (Å²) in [5, 5.41) is 5.73. The monoisotopic (exact) mass is 94.0 g/mol. The largest absolute Gasteiger partial charge is 0.420 e. The summed E-state index contributed by atoms with van der Waals surface area (Å²) in [6, 6.07) is 1.62. The molecule has 1 heterocycles. The van der Waals surface area contributed by atoms with Crippen LogP contribution in [0.1, 0.15) is 0 Å². The van der Waals surface area contributed by atoms with E-state index in [1.165, 1.54) is 6.26 Å². The quantitative estimate of drug-likeness (QED) is 0.504. The van der Waals surface area contributed by atoms with Gasteiger partial charge in [-0.2, -0.15) is 0 Å². The van der Waals surface area contributed by atoms with Gasteiger partial charge in [0.15, 0.2) is 5.82 Å². The average molecular weight is 93.9 g/mol. The fraction of sp³-hybridized carbons (Fsp3) is 0. The van der Waals surface area contributed by atoms with Crippen LogP contribution in [0.15, 0.2) is 16.9 Å². The number of hydrogen-bond acceptors (Lipinski definition) is 3. The molecule has 0 saturated heterocycles. The van der Waals surface area contributed by atoms with E-state index in [9.17, 15) is 0 Å². The van der Waals surface area contributed by atoms with Crippen LogP contribution in [0.4, 0.5) is 5.82 Å². The van der Waals surface area contributed by atoms with Crippen LogP contribution >= 0.6 is 0 Å². The molecule has 0 atom stereocenters. The first-order valence-corrected chi connectivity index (χ1v) is 1.80. The Balaban J connectivity index is 2.76. The van der Waals surface area contributed by atoms with Gasteiger partial charge >= 0.3 is 0 Å². The van der Waals surface area contributed by atoms with Crippen molar-refractivity contribution < 1.29 is 4.52 Å². The lowest BCUT2D eigenvalue weighted by molar-refractivity contribution is 0.423. The van der Waals surface area contributed by atoms with E-state index < -0.39 is 0 Å². The van der Waals surface area contributed by atoms with Crippen molar-refractivity contribution in [2.75, 3.05) is 5.23 Å². The summed E-state index contributed by atoms with van der Waals surface area (Å²) in [5.74, 6) is 0.542. The molecule has 0 aromatic carbocycles. The van der Waals surface area contributed by atoms with Crippen LogP contribution < -0.4 is 5.23 Å². The molecule has 1 aromatic rings. The first kappa shape index (κ1) is 4.24. The van der Waals surface area contributed by atoms with Gasteiger partial charge in [0.2, 0.25) is 7.98 Å². The first-order valence-electron chi connectivity index (χ1n) is 1.80. The minimum absolute atomic E-state index is 0.542. The molecular formula is C3H3BN2O. The predicted octanol–water partition coefficient (Wildman–Crippen LogP) is 0.170. The van der Waals surface area contributed by atoms with Crippen molar-refractivity contribution in [2.24, 2.45) is 0 Å². The average Bonchev–Trinajstić information content (AvgIpc) is 2.14. The van der Waals surface area contributed by atoms with Gasteiger partial charge in [0, 0.05) is 6.07 Å². The number of nitrogens with one attached hydrogen (secondary N) is 1. The predicted molar refractivity (Wildman–Crippen MR) is 25.9 cm³/mol. The van der Waals surface area contributed by atoms with Crippen LogP contribution in [0.2, 0.25) is 0 Å². The molecule has 0 aliphatic heterocycles. The van der Waals surface area contributed by atoms with Crippen molar-refractivity contribution in [3.8, 4) is 0 Å². The molecule has 2 radical (unpaired) electrons. The molecule has 1 aromatic heterocycles. The molecule has 0 amide bonds. The van der Waals surface area contributed by atoms with E-state index in [0.717, 1.165) is 0 Å². The Kier molecular flexibility index (Phi) is 1.02. The Bertz CT molecular complexity index is 127. The molecule has 0 aliphatic carbocycles. The van der Waals surface area contributed by atoms with Gasteiger partial charge in [-0.05, 0) is 0 Å². The molecule has 4 heteroatoms. The van der Waals surface area contributed by atoms with Crippen LogP contribution in [0, 0.1) is 0 Å². The van der Waals surface area contributed by atoms with E-state index in [0.29, 0.717) is 5.82 Å². The van der Waals surface area contributed by atoms with E-state index in [-0.39, 0.29) is 0 Å². The number of nitrogens with zero attached hydrogens (tertiary/aromatic N) is 1. The van der Waals surface area contributed by atoms with Crippen LogP contribution in [0.3, 0.4) is 0 Å². The highest BCUT2D eigenvalue weighted by Crippen LogP contribution is 1.96. The molecule has 0 unspecified atom stereocenters. The number of anilines is 1. The Morgan fingerprint density at radius 2 is 2.71 bits per heavy atom. The van der Waals surface area contributed by atoms with E-state index in [1.54, 1.807) is 6.07 Å². The lowest BCUT2D eigenvalue weighted by Crippen LogP contribution is -1.87. The highest BCUT2D eigenvalue weighted by Gasteiger charge is 1.84. The smallest absolute Gasteiger partial charge is 0.224 e. The minimum atomic E-state index is 0.542. The van der Waals surface area contributed by atoms with Crippen molar-refractivity contribution in [2.45, 2.75) is 0 Å². The molecule has 7 heavy (non-hydrogen) atoms. The van der Waals surface area contributed by atoms with Crippen molar-refractivity contribution in [3.05, 3.63) is 12.3 Å². The molecule has 0 saturated carbocycles. The maximum Gasteiger partial charge on any atom is 0.224 e. The Hall–Kier alpha value is -0.925. The second-order valence-corrected chi connectivity index (χ2v) is 1.03. The molecule has 0 aliphatic rings. The van der Waals surface area contributed by atoms with Crippen molar-refractivity contribution in [3.63, 3.8) is 0 Å². The lowest BCUT2D eigenvalue weighted by atomic mass is 10.4. The Morgan fingerprint density at radius 1 is 1.86 bits per heavy atom. The third kappa shape index (κ3) is 0.736. The van der Waals surface area contributed by atoms with Crippen LogP contribution in [0.25, 0.3) is 0 Å². The van der Waals surface area contributed by atoms with Gasteiger partial charge in [0.25, 0.3) is 0 Å². The van der Waals surface area contributed by atoms with Gasteiger partial charge in [-0.3, -0.25) is 0 Å². The zero-order valence-corrected chi connectivity index (χ0v) is 3.59. The van der Waals surface area contributed by atoms with Crippen LogP contribution in [-0.2, 0) is 0 Å². The fourth-order valence-electron chi connectivity index (χ4n) is 0.287. The van der Waals surface area contributed by atoms with Gasteiger partial charge in [0.1, 0.15) is 6.26 Å². The second-order valence-electron chi connectivity index (χ2n) is 1.03. The fourth-order valence-corrected chi connectivity index (χ4v) is 0.287. The van der Waals surface area contributed by atoms with Gasteiger partial charge in [-0.15, -0.1) is 0 Å². The van der Waals surface area contributed by atoms with Crippen molar-refractivity contribution in [1.29, 1.82) is 0 Å². The highest BCUT2D eigenvalue weighted by molar-refractivity contribution is 6.15. The van der Waals surface area contributed by atoms with Gasteiger partial charge in [0.05, 0.1) is 0 Å². The molecule has 1 N–H and O–H groups in total. The summed E-state index contributed by atoms with van der Waals surface area (Å²) in [7, 11) is 4.92. The standard InChI is InChI=1S/C3H3BN2O/c4-5-3-1-2-7-6-3/h1-2H,(H,5,6). The highest BCUT2D eigenvalue weighted by atomic mass is 16.5. The van der Waals surface area contributed by atoms with E-state index in [4.69, 9.17) is 7.98 Å². The van der Waals surface area contributed by atoms with Crippen LogP contribution in [-0.4, -0.2) is 13.1 Å². The summed E-state index contributed by atoms with van der Waals surface area (Å²) in [5.41, 5.74) is 0. The molecular weight excluding hydrogens is 90.9 g/mol. The first-order chi connectivity index (χ1) is 3.43. The molecule has 0 fully saturated rings. The zero-order chi connectivity index (χ0) is 5.11. The maximum atomic E-state index is 4.92. The normalized spacial score (nSPS) is 8.57. The molecule has 34 valence electrons. The van der Waals surface area contributed by atoms with E-state index >= 15 is 0 Å². The summed E-state index contributed by atoms with van der Waals surface area (Å²) >= 11 is 0. The third-order valence-electron chi connectivity index (χ3n) is 0.586. The summed E-state index contributed by atoms with van der Waals surface area (Å²) < 4.78 is 4.41. The van der Waals surface area contributed by atoms with Crippen molar-refractivity contribution in [1.82, 2.24) is 5.16 Å².